The second-order valence-corrected chi connectivity index (χ2v) is 4.02. The van der Waals surface area contributed by atoms with Gasteiger partial charge in [-0.15, -0.1) is 0 Å². The van der Waals surface area contributed by atoms with E-state index in [0.29, 0.717) is 5.75 Å². The highest BCUT2D eigenvalue weighted by molar-refractivity contribution is 14.1. The summed E-state index contributed by atoms with van der Waals surface area (Å²) in [6.45, 7) is 0. The molecule has 2 nitrogen and oxygen atoms in total. The summed E-state index contributed by atoms with van der Waals surface area (Å²) >= 11 is 5.33. The van der Waals surface area contributed by atoms with Crippen molar-refractivity contribution in [2.75, 3.05) is 7.11 Å². The Balaban J connectivity index is 3.24. The average Bonchev–Trinajstić information content (AvgIpc) is 1.96. The molecule has 0 unspecified atom stereocenters. The first kappa shape index (κ1) is 9.12. The van der Waals surface area contributed by atoms with Gasteiger partial charge < -0.3 is 9.84 Å². The van der Waals surface area contributed by atoms with Crippen LogP contribution in [0.25, 0.3) is 0 Å². The standard InChI is InChI=1S/C7H6BrIO2/c1-11-6-3-4(8)2-5(9)7(6)10/h2-3,10H,1H3. The predicted molar refractivity (Wildman–Crippen MR) is 55.1 cm³/mol. The molecule has 4 heteroatoms. The SMILES string of the molecule is COc1cc(Br)cc(I)c1O. The molecule has 0 fully saturated rings. The number of ether oxygens (including phenoxy) is 1. The average molecular weight is 329 g/mol. The van der Waals surface area contributed by atoms with Crippen LogP contribution in [0.3, 0.4) is 0 Å². The zero-order chi connectivity index (χ0) is 8.43. The van der Waals surface area contributed by atoms with Gasteiger partial charge in [-0.05, 0) is 34.7 Å². The van der Waals surface area contributed by atoms with E-state index in [-0.39, 0.29) is 5.75 Å². The van der Waals surface area contributed by atoms with Gasteiger partial charge in [0.05, 0.1) is 10.7 Å². The molecule has 0 heterocycles. The largest absolute Gasteiger partial charge is 0.504 e. The lowest BCUT2D eigenvalue weighted by Crippen LogP contribution is -1.85. The lowest BCUT2D eigenvalue weighted by Gasteiger charge is -2.04. The van der Waals surface area contributed by atoms with Crippen LogP contribution in [0.15, 0.2) is 16.6 Å². The van der Waals surface area contributed by atoms with Gasteiger partial charge in [0.15, 0.2) is 11.5 Å². The van der Waals surface area contributed by atoms with Gasteiger partial charge >= 0.3 is 0 Å². The Morgan fingerprint density at radius 3 is 2.73 bits per heavy atom. The quantitative estimate of drug-likeness (QED) is 0.803. The highest BCUT2D eigenvalue weighted by Crippen LogP contribution is 2.33. The van der Waals surface area contributed by atoms with Gasteiger partial charge in [-0.25, -0.2) is 0 Å². The minimum Gasteiger partial charge on any atom is -0.504 e. The first-order valence-corrected chi connectivity index (χ1v) is 4.74. The molecule has 0 spiro atoms. The third-order valence-electron chi connectivity index (χ3n) is 1.21. The summed E-state index contributed by atoms with van der Waals surface area (Å²) in [7, 11) is 1.53. The molecule has 0 amide bonds. The van der Waals surface area contributed by atoms with E-state index >= 15 is 0 Å². The Labute approximate surface area is 86.8 Å². The van der Waals surface area contributed by atoms with E-state index in [1.165, 1.54) is 7.11 Å². The van der Waals surface area contributed by atoms with Crippen molar-refractivity contribution in [1.29, 1.82) is 0 Å². The molecule has 1 aromatic rings. The Bertz CT molecular complexity index is 275. The number of phenolic OH excluding ortho intramolecular Hbond substituents is 1. The maximum atomic E-state index is 9.37. The second-order valence-electron chi connectivity index (χ2n) is 1.94. The molecule has 1 N–H and O–H groups in total. The lowest BCUT2D eigenvalue weighted by molar-refractivity contribution is 0.371. The maximum absolute atomic E-state index is 9.37. The molecule has 1 rings (SSSR count). The first-order valence-electron chi connectivity index (χ1n) is 2.87. The van der Waals surface area contributed by atoms with Gasteiger partial charge in [0, 0.05) is 4.47 Å². The monoisotopic (exact) mass is 328 g/mol. The highest BCUT2D eigenvalue weighted by Gasteiger charge is 2.06. The summed E-state index contributed by atoms with van der Waals surface area (Å²) < 4.78 is 6.59. The molecule has 0 aliphatic rings. The van der Waals surface area contributed by atoms with Crippen LogP contribution in [0.5, 0.6) is 11.5 Å². The van der Waals surface area contributed by atoms with Crippen LogP contribution in [-0.2, 0) is 0 Å². The number of rotatable bonds is 1. The summed E-state index contributed by atoms with van der Waals surface area (Å²) in [6, 6.07) is 3.54. The Hall–Kier alpha value is 0.0300. The molecule has 0 saturated carbocycles. The van der Waals surface area contributed by atoms with E-state index in [0.717, 1.165) is 8.04 Å². The molecule has 0 aliphatic heterocycles. The summed E-state index contributed by atoms with van der Waals surface area (Å²) in [5, 5.41) is 9.37. The molecule has 0 bridgehead atoms. The Kier molecular flexibility index (Phi) is 3.00. The zero-order valence-corrected chi connectivity index (χ0v) is 9.51. The number of hydrogen-bond donors (Lipinski definition) is 1. The Morgan fingerprint density at radius 1 is 1.55 bits per heavy atom. The predicted octanol–water partition coefficient (Wildman–Crippen LogP) is 2.77. The van der Waals surface area contributed by atoms with E-state index < -0.39 is 0 Å². The molecular formula is C7H6BrIO2. The fraction of sp³-hybridized carbons (Fsp3) is 0.143. The van der Waals surface area contributed by atoms with Crippen LogP contribution < -0.4 is 4.74 Å². The minimum absolute atomic E-state index is 0.191. The van der Waals surface area contributed by atoms with Crippen molar-refractivity contribution < 1.29 is 9.84 Å². The normalized spacial score (nSPS) is 9.73. The van der Waals surface area contributed by atoms with E-state index in [1.807, 2.05) is 28.7 Å². The smallest absolute Gasteiger partial charge is 0.171 e. The molecule has 0 aromatic heterocycles. The number of benzene rings is 1. The van der Waals surface area contributed by atoms with Crippen molar-refractivity contribution in [1.82, 2.24) is 0 Å². The third kappa shape index (κ3) is 1.99. The highest BCUT2D eigenvalue weighted by atomic mass is 127. The van der Waals surface area contributed by atoms with Gasteiger partial charge in [0.2, 0.25) is 0 Å². The van der Waals surface area contributed by atoms with Gasteiger partial charge in [-0.2, -0.15) is 0 Å². The van der Waals surface area contributed by atoms with Crippen molar-refractivity contribution in [3.8, 4) is 11.5 Å². The maximum Gasteiger partial charge on any atom is 0.171 e. The molecule has 11 heavy (non-hydrogen) atoms. The topological polar surface area (TPSA) is 29.5 Å². The first-order chi connectivity index (χ1) is 5.15. The molecular weight excluding hydrogens is 323 g/mol. The summed E-state index contributed by atoms with van der Waals surface area (Å²) in [6.07, 6.45) is 0. The number of phenols is 1. The van der Waals surface area contributed by atoms with Gasteiger partial charge in [-0.1, -0.05) is 15.9 Å². The number of halogens is 2. The van der Waals surface area contributed by atoms with Crippen molar-refractivity contribution in [3.63, 3.8) is 0 Å². The minimum atomic E-state index is 0.191. The fourth-order valence-electron chi connectivity index (χ4n) is 0.698. The van der Waals surface area contributed by atoms with E-state index in [9.17, 15) is 5.11 Å². The number of hydrogen-bond acceptors (Lipinski definition) is 2. The van der Waals surface area contributed by atoms with Crippen LogP contribution in [-0.4, -0.2) is 12.2 Å². The molecule has 1 aromatic carbocycles. The molecule has 60 valence electrons. The molecule has 0 atom stereocenters. The van der Waals surface area contributed by atoms with Crippen molar-refractivity contribution in [3.05, 3.63) is 20.2 Å². The summed E-state index contributed by atoms with van der Waals surface area (Å²) in [5.74, 6) is 0.681. The van der Waals surface area contributed by atoms with Crippen molar-refractivity contribution in [2.24, 2.45) is 0 Å². The van der Waals surface area contributed by atoms with Crippen LogP contribution >= 0.6 is 38.5 Å². The van der Waals surface area contributed by atoms with E-state index in [4.69, 9.17) is 4.74 Å². The van der Waals surface area contributed by atoms with Crippen LogP contribution in [0.1, 0.15) is 0 Å². The van der Waals surface area contributed by atoms with Gasteiger partial charge in [-0.3, -0.25) is 0 Å². The van der Waals surface area contributed by atoms with Crippen molar-refractivity contribution in [2.45, 2.75) is 0 Å². The molecule has 0 aliphatic carbocycles. The van der Waals surface area contributed by atoms with Gasteiger partial charge in [0.25, 0.3) is 0 Å². The van der Waals surface area contributed by atoms with Crippen molar-refractivity contribution >= 4 is 38.5 Å². The van der Waals surface area contributed by atoms with Crippen LogP contribution in [0.4, 0.5) is 0 Å². The third-order valence-corrected chi connectivity index (χ3v) is 2.49. The Morgan fingerprint density at radius 2 is 2.18 bits per heavy atom. The van der Waals surface area contributed by atoms with Crippen LogP contribution in [0, 0.1) is 3.57 Å². The number of methoxy groups -OCH3 is 1. The summed E-state index contributed by atoms with van der Waals surface area (Å²) in [5.41, 5.74) is 0. The summed E-state index contributed by atoms with van der Waals surface area (Å²) in [4.78, 5) is 0. The second kappa shape index (κ2) is 3.62. The molecule has 0 saturated heterocycles. The number of aromatic hydroxyl groups is 1. The van der Waals surface area contributed by atoms with E-state index in [2.05, 4.69) is 15.9 Å². The zero-order valence-electron chi connectivity index (χ0n) is 5.77. The van der Waals surface area contributed by atoms with Crippen LogP contribution in [0.2, 0.25) is 0 Å². The molecule has 0 radical (unpaired) electrons. The van der Waals surface area contributed by atoms with E-state index in [1.54, 1.807) is 6.07 Å². The fourth-order valence-corrected chi connectivity index (χ4v) is 2.16. The lowest BCUT2D eigenvalue weighted by atomic mass is 10.3. The van der Waals surface area contributed by atoms with Gasteiger partial charge in [0.1, 0.15) is 0 Å².